The van der Waals surface area contributed by atoms with Crippen molar-refractivity contribution in [1.82, 2.24) is 4.40 Å². The van der Waals surface area contributed by atoms with Crippen molar-refractivity contribution in [2.45, 2.75) is 20.8 Å². The molecule has 0 spiro atoms. The number of benzene rings is 1. The summed E-state index contributed by atoms with van der Waals surface area (Å²) in [4.78, 5) is 11.5. The lowest BCUT2D eigenvalue weighted by molar-refractivity contribution is 0.111. The summed E-state index contributed by atoms with van der Waals surface area (Å²) in [5.41, 5.74) is 7.63. The van der Waals surface area contributed by atoms with Gasteiger partial charge in [-0.3, -0.25) is 4.79 Å². The number of aryl methyl sites for hydroxylation is 3. The number of hydrogen-bond donors (Lipinski definition) is 0. The number of aldehydes is 1. The third-order valence-corrected chi connectivity index (χ3v) is 3.96. The highest BCUT2D eigenvalue weighted by Crippen LogP contribution is 2.31. The minimum atomic E-state index is 0.715. The molecule has 2 heterocycles. The van der Waals surface area contributed by atoms with Crippen LogP contribution in [0.5, 0.6) is 0 Å². The number of pyridine rings is 1. The minimum Gasteiger partial charge on any atom is -0.314 e. The van der Waals surface area contributed by atoms with Crippen LogP contribution in [0.25, 0.3) is 16.6 Å². The molecule has 0 bridgehead atoms. The van der Waals surface area contributed by atoms with Crippen LogP contribution in [-0.2, 0) is 0 Å². The molecular weight excluding hydrogens is 246 g/mol. The van der Waals surface area contributed by atoms with Crippen molar-refractivity contribution in [3.8, 4) is 11.1 Å². The molecule has 0 N–H and O–H groups in total. The number of carbonyl (C=O) groups is 1. The maximum atomic E-state index is 11.5. The maximum absolute atomic E-state index is 11.5. The highest BCUT2D eigenvalue weighted by atomic mass is 16.1. The lowest BCUT2D eigenvalue weighted by Crippen LogP contribution is -1.94. The summed E-state index contributed by atoms with van der Waals surface area (Å²) in [7, 11) is 0. The number of rotatable bonds is 2. The van der Waals surface area contributed by atoms with Crippen molar-refractivity contribution in [3.63, 3.8) is 0 Å². The molecule has 0 unspecified atom stereocenters. The summed E-state index contributed by atoms with van der Waals surface area (Å²) in [5.74, 6) is 0. The Balaban J connectivity index is 2.35. The zero-order chi connectivity index (χ0) is 14.3. The van der Waals surface area contributed by atoms with Crippen LogP contribution >= 0.6 is 0 Å². The average molecular weight is 263 g/mol. The second-order valence-corrected chi connectivity index (χ2v) is 5.31. The van der Waals surface area contributed by atoms with E-state index in [1.165, 1.54) is 16.7 Å². The zero-order valence-electron chi connectivity index (χ0n) is 12.0. The molecule has 3 aromatic rings. The monoisotopic (exact) mass is 263 g/mol. The van der Waals surface area contributed by atoms with E-state index >= 15 is 0 Å². The Labute approximate surface area is 118 Å². The highest BCUT2D eigenvalue weighted by Gasteiger charge is 2.13. The fourth-order valence-electron chi connectivity index (χ4n) is 2.73. The van der Waals surface area contributed by atoms with Crippen molar-refractivity contribution in [2.75, 3.05) is 0 Å². The van der Waals surface area contributed by atoms with Gasteiger partial charge in [-0.1, -0.05) is 18.2 Å². The molecule has 100 valence electrons. The van der Waals surface area contributed by atoms with Gasteiger partial charge >= 0.3 is 0 Å². The van der Waals surface area contributed by atoms with E-state index in [0.717, 1.165) is 22.9 Å². The lowest BCUT2D eigenvalue weighted by atomic mass is 9.95. The van der Waals surface area contributed by atoms with Crippen molar-refractivity contribution >= 4 is 11.8 Å². The van der Waals surface area contributed by atoms with Gasteiger partial charge < -0.3 is 4.40 Å². The van der Waals surface area contributed by atoms with E-state index in [9.17, 15) is 4.79 Å². The van der Waals surface area contributed by atoms with Gasteiger partial charge in [-0.2, -0.15) is 0 Å². The molecule has 0 fully saturated rings. The molecule has 1 aromatic carbocycles. The fourth-order valence-corrected chi connectivity index (χ4v) is 2.73. The number of nitrogens with zero attached hydrogens (tertiary/aromatic N) is 1. The third kappa shape index (κ3) is 1.85. The van der Waals surface area contributed by atoms with E-state index in [4.69, 9.17) is 0 Å². The summed E-state index contributed by atoms with van der Waals surface area (Å²) >= 11 is 0. The number of aromatic nitrogens is 1. The van der Waals surface area contributed by atoms with E-state index in [1.54, 1.807) is 0 Å². The predicted octanol–water partition coefficient (Wildman–Crippen LogP) is 4.34. The zero-order valence-corrected chi connectivity index (χ0v) is 12.0. The standard InChI is InChI=1S/C18H17NO/c1-12-8-14(3)16(9-13(12)2)17-10-15-6-4-5-7-19(15)18(17)11-20/h4-11H,1-3H3. The molecule has 0 saturated heterocycles. The van der Waals surface area contributed by atoms with Crippen LogP contribution in [0.4, 0.5) is 0 Å². The number of fused-ring (bicyclic) bond motifs is 1. The van der Waals surface area contributed by atoms with E-state index in [-0.39, 0.29) is 0 Å². The van der Waals surface area contributed by atoms with Crippen molar-refractivity contribution in [1.29, 1.82) is 0 Å². The molecule has 3 rings (SSSR count). The first-order valence-corrected chi connectivity index (χ1v) is 6.75. The minimum absolute atomic E-state index is 0.715. The Morgan fingerprint density at radius 1 is 0.900 bits per heavy atom. The molecule has 0 aliphatic rings. The number of carbonyl (C=O) groups excluding carboxylic acids is 1. The molecule has 0 amide bonds. The van der Waals surface area contributed by atoms with Gasteiger partial charge in [-0.15, -0.1) is 0 Å². The summed E-state index contributed by atoms with van der Waals surface area (Å²) in [6, 6.07) is 12.4. The first-order valence-electron chi connectivity index (χ1n) is 6.75. The fraction of sp³-hybridized carbons (Fsp3) is 0.167. The van der Waals surface area contributed by atoms with Crippen LogP contribution in [0.2, 0.25) is 0 Å². The van der Waals surface area contributed by atoms with Crippen molar-refractivity contribution in [2.24, 2.45) is 0 Å². The van der Waals surface area contributed by atoms with Gasteiger partial charge in [-0.25, -0.2) is 0 Å². The molecule has 2 nitrogen and oxygen atoms in total. The van der Waals surface area contributed by atoms with Crippen LogP contribution in [-0.4, -0.2) is 10.7 Å². The van der Waals surface area contributed by atoms with Crippen molar-refractivity contribution in [3.05, 3.63) is 65.0 Å². The quantitative estimate of drug-likeness (QED) is 0.630. The molecule has 2 heteroatoms. The highest BCUT2D eigenvalue weighted by molar-refractivity contribution is 5.90. The second-order valence-electron chi connectivity index (χ2n) is 5.31. The summed E-state index contributed by atoms with van der Waals surface area (Å²) in [6.07, 6.45) is 2.87. The summed E-state index contributed by atoms with van der Waals surface area (Å²) in [5, 5.41) is 0. The SMILES string of the molecule is Cc1cc(C)c(-c2cc3ccccn3c2C=O)cc1C. The van der Waals surface area contributed by atoms with Gasteiger partial charge in [0, 0.05) is 17.3 Å². The molecule has 0 aliphatic heterocycles. The van der Waals surface area contributed by atoms with Gasteiger partial charge in [0.05, 0.1) is 5.69 Å². The maximum Gasteiger partial charge on any atom is 0.167 e. The van der Waals surface area contributed by atoms with Crippen LogP contribution in [0.15, 0.2) is 42.6 Å². The molecular formula is C18H17NO. The van der Waals surface area contributed by atoms with Gasteiger partial charge in [0.15, 0.2) is 6.29 Å². The predicted molar refractivity (Wildman–Crippen MR) is 82.4 cm³/mol. The van der Waals surface area contributed by atoms with E-state index in [2.05, 4.69) is 39.0 Å². The lowest BCUT2D eigenvalue weighted by Gasteiger charge is -2.09. The first-order chi connectivity index (χ1) is 9.61. The normalized spacial score (nSPS) is 10.9. The largest absolute Gasteiger partial charge is 0.314 e. The second kappa shape index (κ2) is 4.64. The average Bonchev–Trinajstić information content (AvgIpc) is 2.81. The molecule has 20 heavy (non-hydrogen) atoms. The van der Waals surface area contributed by atoms with E-state index in [1.807, 2.05) is 28.8 Å². The molecule has 2 aromatic heterocycles. The molecule has 0 radical (unpaired) electrons. The Hall–Kier alpha value is -2.35. The summed E-state index contributed by atoms with van der Waals surface area (Å²) in [6.45, 7) is 6.32. The smallest absolute Gasteiger partial charge is 0.167 e. The Bertz CT molecular complexity index is 812. The van der Waals surface area contributed by atoms with Crippen LogP contribution in [0.3, 0.4) is 0 Å². The van der Waals surface area contributed by atoms with Crippen LogP contribution in [0, 0.1) is 20.8 Å². The third-order valence-electron chi connectivity index (χ3n) is 3.96. The molecule has 0 saturated carbocycles. The first kappa shape index (κ1) is 12.7. The van der Waals surface area contributed by atoms with Crippen LogP contribution in [0.1, 0.15) is 27.2 Å². The topological polar surface area (TPSA) is 21.5 Å². The van der Waals surface area contributed by atoms with Gasteiger partial charge in [0.25, 0.3) is 0 Å². The number of hydrogen-bond acceptors (Lipinski definition) is 1. The molecule has 0 atom stereocenters. The van der Waals surface area contributed by atoms with E-state index < -0.39 is 0 Å². The van der Waals surface area contributed by atoms with E-state index in [0.29, 0.717) is 5.69 Å². The molecule has 0 aliphatic carbocycles. The Morgan fingerprint density at radius 2 is 1.65 bits per heavy atom. The Morgan fingerprint density at radius 3 is 2.40 bits per heavy atom. The summed E-state index contributed by atoms with van der Waals surface area (Å²) < 4.78 is 1.94. The Kier molecular flexibility index (Phi) is 2.94. The van der Waals surface area contributed by atoms with Gasteiger partial charge in [0.1, 0.15) is 0 Å². The van der Waals surface area contributed by atoms with Gasteiger partial charge in [0.2, 0.25) is 0 Å². The van der Waals surface area contributed by atoms with Crippen molar-refractivity contribution < 1.29 is 4.79 Å². The van der Waals surface area contributed by atoms with Gasteiger partial charge in [-0.05, 0) is 61.2 Å². The van der Waals surface area contributed by atoms with Crippen LogP contribution < -0.4 is 0 Å².